The zero-order valence-corrected chi connectivity index (χ0v) is 14.0. The highest BCUT2D eigenvalue weighted by Gasteiger charge is 2.25. The number of rotatable bonds is 7. The van der Waals surface area contributed by atoms with Gasteiger partial charge in [-0.1, -0.05) is 6.92 Å². The molecule has 0 aliphatic rings. The first kappa shape index (κ1) is 18.1. The van der Waals surface area contributed by atoms with Crippen LogP contribution in [0.3, 0.4) is 0 Å². The second kappa shape index (κ2) is 7.55. The number of nitrogens with zero attached hydrogens (tertiary/aromatic N) is 5. The van der Waals surface area contributed by atoms with Gasteiger partial charge in [-0.25, -0.2) is 4.79 Å². The number of anilines is 1. The van der Waals surface area contributed by atoms with Crippen molar-refractivity contribution in [1.82, 2.24) is 19.6 Å². The summed E-state index contributed by atoms with van der Waals surface area (Å²) in [7, 11) is 1.57. The molecule has 2 aromatic heterocycles. The van der Waals surface area contributed by atoms with Crippen LogP contribution < -0.4 is 5.32 Å². The molecule has 11 heteroatoms. The van der Waals surface area contributed by atoms with Crippen molar-refractivity contribution in [2.45, 2.75) is 26.3 Å². The maximum absolute atomic E-state index is 12.6. The molecule has 134 valence electrons. The van der Waals surface area contributed by atoms with Gasteiger partial charge in [-0.05, 0) is 13.3 Å². The Labute approximate surface area is 142 Å². The Hall–Kier alpha value is -3.24. The highest BCUT2D eigenvalue weighted by molar-refractivity contribution is 6.01. The Morgan fingerprint density at radius 2 is 2.08 bits per heavy atom. The first-order chi connectivity index (χ1) is 11.9. The Balaban J connectivity index is 2.24. The predicted molar refractivity (Wildman–Crippen MR) is 86.0 cm³/mol. The van der Waals surface area contributed by atoms with Gasteiger partial charge in [0, 0.05) is 7.05 Å². The number of carbonyl (C=O) groups is 2. The second-order valence-electron chi connectivity index (χ2n) is 5.10. The smallest absolute Gasteiger partial charge is 0.343 e. The third-order valence-electron chi connectivity index (χ3n) is 3.48. The van der Waals surface area contributed by atoms with Crippen molar-refractivity contribution < 1.29 is 19.2 Å². The lowest BCUT2D eigenvalue weighted by Gasteiger charge is -2.16. The molecule has 0 bridgehead atoms. The largest absolute Gasteiger partial charge is 0.462 e. The molecule has 0 spiro atoms. The van der Waals surface area contributed by atoms with Crippen LogP contribution in [0.1, 0.15) is 36.7 Å². The lowest BCUT2D eigenvalue weighted by atomic mass is 10.2. The fourth-order valence-corrected chi connectivity index (χ4v) is 2.23. The van der Waals surface area contributed by atoms with E-state index in [1.54, 1.807) is 20.9 Å². The van der Waals surface area contributed by atoms with E-state index in [2.05, 4.69) is 15.5 Å². The van der Waals surface area contributed by atoms with Gasteiger partial charge in [0.25, 0.3) is 0 Å². The van der Waals surface area contributed by atoms with Crippen LogP contribution in [0.2, 0.25) is 0 Å². The molecule has 2 aromatic rings. The summed E-state index contributed by atoms with van der Waals surface area (Å²) in [5.74, 6) is -0.896. The van der Waals surface area contributed by atoms with E-state index in [1.807, 2.05) is 0 Å². The number of ether oxygens (including phenoxy) is 1. The number of nitrogens with one attached hydrogen (secondary N) is 1. The molecular formula is C14H18N6O5. The highest BCUT2D eigenvalue weighted by atomic mass is 16.6. The topological polar surface area (TPSA) is 134 Å². The summed E-state index contributed by atoms with van der Waals surface area (Å²) in [6.45, 7) is 3.60. The number of aromatic nitrogens is 4. The van der Waals surface area contributed by atoms with Gasteiger partial charge in [0.15, 0.2) is 0 Å². The van der Waals surface area contributed by atoms with E-state index in [4.69, 9.17) is 4.74 Å². The number of esters is 1. The summed E-state index contributed by atoms with van der Waals surface area (Å²) in [5, 5.41) is 21.2. The van der Waals surface area contributed by atoms with Crippen LogP contribution in [0.15, 0.2) is 18.6 Å². The highest BCUT2D eigenvalue weighted by Crippen LogP contribution is 2.20. The van der Waals surface area contributed by atoms with E-state index in [1.165, 1.54) is 21.8 Å². The van der Waals surface area contributed by atoms with Crippen molar-refractivity contribution in [1.29, 1.82) is 0 Å². The Morgan fingerprint density at radius 1 is 1.36 bits per heavy atom. The van der Waals surface area contributed by atoms with E-state index >= 15 is 0 Å². The minimum Gasteiger partial charge on any atom is -0.462 e. The number of amides is 1. The lowest BCUT2D eigenvalue weighted by Crippen LogP contribution is -2.27. The maximum atomic E-state index is 12.6. The molecule has 1 unspecified atom stereocenters. The fourth-order valence-electron chi connectivity index (χ4n) is 2.23. The molecule has 0 aliphatic heterocycles. The normalized spacial score (nSPS) is 11.8. The molecule has 2 heterocycles. The van der Waals surface area contributed by atoms with Crippen LogP contribution in [0.5, 0.6) is 0 Å². The molecule has 0 fully saturated rings. The Bertz CT molecular complexity index is 795. The number of hydrogen-bond acceptors (Lipinski definition) is 7. The van der Waals surface area contributed by atoms with Gasteiger partial charge in [0.1, 0.15) is 29.8 Å². The first-order valence-electron chi connectivity index (χ1n) is 7.57. The average molecular weight is 350 g/mol. The van der Waals surface area contributed by atoms with Crippen LogP contribution in [0, 0.1) is 10.1 Å². The summed E-state index contributed by atoms with van der Waals surface area (Å²) in [4.78, 5) is 34.7. The summed E-state index contributed by atoms with van der Waals surface area (Å²) in [6, 6.07) is -0.779. The van der Waals surface area contributed by atoms with E-state index < -0.39 is 22.8 Å². The molecule has 1 N–H and O–H groups in total. The van der Waals surface area contributed by atoms with Gasteiger partial charge in [0.2, 0.25) is 5.91 Å². The van der Waals surface area contributed by atoms with Crippen LogP contribution in [0.25, 0.3) is 0 Å². The first-order valence-corrected chi connectivity index (χ1v) is 7.57. The van der Waals surface area contributed by atoms with Crippen molar-refractivity contribution in [2.24, 2.45) is 7.05 Å². The molecule has 25 heavy (non-hydrogen) atoms. The maximum Gasteiger partial charge on any atom is 0.343 e. The number of nitro groups is 1. The minimum atomic E-state index is -0.779. The monoisotopic (exact) mass is 350 g/mol. The van der Waals surface area contributed by atoms with Crippen molar-refractivity contribution >= 4 is 23.4 Å². The molecular weight excluding hydrogens is 332 g/mol. The van der Waals surface area contributed by atoms with Gasteiger partial charge in [-0.15, -0.1) is 0 Å². The lowest BCUT2D eigenvalue weighted by molar-refractivity contribution is -0.385. The van der Waals surface area contributed by atoms with Gasteiger partial charge in [0.05, 0.1) is 17.7 Å². The minimum absolute atomic E-state index is 0.124. The zero-order chi connectivity index (χ0) is 18.6. The summed E-state index contributed by atoms with van der Waals surface area (Å²) < 4.78 is 7.48. The molecule has 2 rings (SSSR count). The summed E-state index contributed by atoms with van der Waals surface area (Å²) in [6.07, 6.45) is 3.90. The van der Waals surface area contributed by atoms with E-state index in [9.17, 15) is 19.7 Å². The molecule has 1 atom stereocenters. The average Bonchev–Trinajstić information content (AvgIpc) is 3.17. The van der Waals surface area contributed by atoms with E-state index in [0.717, 1.165) is 6.20 Å². The quantitative estimate of drug-likeness (QED) is 0.451. The molecule has 0 aromatic carbocycles. The standard InChI is InChI=1S/C14H18N6O5/c1-4-11(19-8-9(6-16-19)20(23)24)13(21)17-12-10(7-15-18(12)3)14(22)25-5-2/h6-8,11H,4-5H2,1-3H3,(H,17,21). The third-order valence-corrected chi connectivity index (χ3v) is 3.48. The van der Waals surface area contributed by atoms with Crippen LogP contribution >= 0.6 is 0 Å². The molecule has 0 aliphatic carbocycles. The molecule has 11 nitrogen and oxygen atoms in total. The predicted octanol–water partition coefficient (Wildman–Crippen LogP) is 1.29. The van der Waals surface area contributed by atoms with Crippen LogP contribution in [0.4, 0.5) is 11.5 Å². The van der Waals surface area contributed by atoms with Crippen LogP contribution in [-0.2, 0) is 16.6 Å². The number of carbonyl (C=O) groups excluding carboxylic acids is 2. The second-order valence-corrected chi connectivity index (χ2v) is 5.10. The summed E-state index contributed by atoms with van der Waals surface area (Å²) in [5.41, 5.74) is -0.0852. The van der Waals surface area contributed by atoms with Gasteiger partial charge in [-0.3, -0.25) is 24.3 Å². The molecule has 0 radical (unpaired) electrons. The SMILES string of the molecule is CCOC(=O)c1cnn(C)c1NC(=O)C(CC)n1cc([N+](=O)[O-])cn1. The Morgan fingerprint density at radius 3 is 2.64 bits per heavy atom. The molecule has 0 saturated carbocycles. The van der Waals surface area contributed by atoms with Crippen molar-refractivity contribution in [3.05, 3.63) is 34.3 Å². The van der Waals surface area contributed by atoms with Gasteiger partial charge in [-0.2, -0.15) is 10.2 Å². The summed E-state index contributed by atoms with van der Waals surface area (Å²) >= 11 is 0. The van der Waals surface area contributed by atoms with E-state index in [-0.39, 0.29) is 23.7 Å². The molecule has 0 saturated heterocycles. The van der Waals surface area contributed by atoms with Crippen molar-refractivity contribution in [3.8, 4) is 0 Å². The van der Waals surface area contributed by atoms with Crippen LogP contribution in [-0.4, -0.2) is 43.0 Å². The zero-order valence-electron chi connectivity index (χ0n) is 14.0. The molecule has 1 amide bonds. The van der Waals surface area contributed by atoms with Gasteiger partial charge >= 0.3 is 11.7 Å². The number of aryl methyl sites for hydroxylation is 1. The van der Waals surface area contributed by atoms with Crippen molar-refractivity contribution in [3.63, 3.8) is 0 Å². The van der Waals surface area contributed by atoms with Gasteiger partial charge < -0.3 is 10.1 Å². The number of hydrogen-bond donors (Lipinski definition) is 1. The van der Waals surface area contributed by atoms with E-state index in [0.29, 0.717) is 6.42 Å². The third kappa shape index (κ3) is 3.82. The fraction of sp³-hybridized carbons (Fsp3) is 0.429. The Kier molecular flexibility index (Phi) is 5.47. The van der Waals surface area contributed by atoms with Crippen molar-refractivity contribution in [2.75, 3.05) is 11.9 Å².